The lowest BCUT2D eigenvalue weighted by Gasteiger charge is -2.06. The normalized spacial score (nSPS) is 10.4. The number of hydrogen-bond acceptors (Lipinski definition) is 3. The SMILES string of the molecule is CCc1nn(C)cc1CNC(=O)c1cccc(C(N)=S)c1. The number of amides is 1. The van der Waals surface area contributed by atoms with E-state index in [0.29, 0.717) is 17.7 Å². The van der Waals surface area contributed by atoms with Gasteiger partial charge >= 0.3 is 0 Å². The summed E-state index contributed by atoms with van der Waals surface area (Å²) < 4.78 is 1.76. The fourth-order valence-electron chi connectivity index (χ4n) is 2.12. The highest BCUT2D eigenvalue weighted by Gasteiger charge is 2.10. The van der Waals surface area contributed by atoms with Crippen LogP contribution in [0.2, 0.25) is 0 Å². The molecule has 0 unspecified atom stereocenters. The van der Waals surface area contributed by atoms with Crippen LogP contribution < -0.4 is 11.1 Å². The van der Waals surface area contributed by atoms with E-state index < -0.39 is 0 Å². The predicted octanol–water partition coefficient (Wildman–Crippen LogP) is 1.55. The highest BCUT2D eigenvalue weighted by Crippen LogP contribution is 2.09. The number of nitrogens with one attached hydrogen (secondary N) is 1. The number of aryl methyl sites for hydroxylation is 2. The van der Waals surface area contributed by atoms with E-state index in [1.807, 2.05) is 20.2 Å². The summed E-state index contributed by atoms with van der Waals surface area (Å²) in [5.41, 5.74) is 8.83. The molecule has 1 amide bonds. The molecule has 21 heavy (non-hydrogen) atoms. The summed E-state index contributed by atoms with van der Waals surface area (Å²) in [6, 6.07) is 6.99. The van der Waals surface area contributed by atoms with Gasteiger partial charge in [-0.1, -0.05) is 31.3 Å². The van der Waals surface area contributed by atoms with Crippen molar-refractivity contribution < 1.29 is 4.79 Å². The number of nitrogens with two attached hydrogens (primary N) is 1. The number of benzene rings is 1. The van der Waals surface area contributed by atoms with Gasteiger partial charge in [-0.2, -0.15) is 5.10 Å². The Morgan fingerprint density at radius 1 is 1.43 bits per heavy atom. The fourth-order valence-corrected chi connectivity index (χ4v) is 2.25. The van der Waals surface area contributed by atoms with Gasteiger partial charge in [0, 0.05) is 36.5 Å². The van der Waals surface area contributed by atoms with Gasteiger partial charge < -0.3 is 11.1 Å². The zero-order valence-corrected chi connectivity index (χ0v) is 12.9. The number of carbonyl (C=O) groups is 1. The van der Waals surface area contributed by atoms with Crippen LogP contribution in [-0.2, 0) is 20.0 Å². The smallest absolute Gasteiger partial charge is 0.251 e. The molecule has 0 radical (unpaired) electrons. The third-order valence-electron chi connectivity index (χ3n) is 3.18. The minimum absolute atomic E-state index is 0.154. The lowest BCUT2D eigenvalue weighted by atomic mass is 10.1. The van der Waals surface area contributed by atoms with Gasteiger partial charge in [-0.05, 0) is 18.6 Å². The highest BCUT2D eigenvalue weighted by molar-refractivity contribution is 7.80. The summed E-state index contributed by atoms with van der Waals surface area (Å²) in [5, 5.41) is 7.24. The first-order valence-electron chi connectivity index (χ1n) is 6.70. The molecule has 1 heterocycles. The molecule has 5 nitrogen and oxygen atoms in total. The molecule has 1 aromatic carbocycles. The minimum atomic E-state index is -0.154. The molecule has 3 N–H and O–H groups in total. The quantitative estimate of drug-likeness (QED) is 0.822. The van der Waals surface area contributed by atoms with Gasteiger partial charge in [-0.3, -0.25) is 9.48 Å². The molecule has 2 rings (SSSR count). The molecule has 0 aliphatic rings. The van der Waals surface area contributed by atoms with Crippen LogP contribution in [0.3, 0.4) is 0 Å². The van der Waals surface area contributed by atoms with Crippen LogP contribution in [0.4, 0.5) is 0 Å². The standard InChI is InChI=1S/C15H18N4OS/c1-3-13-12(9-19(2)18-13)8-17-15(20)11-6-4-5-10(7-11)14(16)21/h4-7,9H,3,8H2,1-2H3,(H2,16,21)(H,17,20). The van der Waals surface area contributed by atoms with E-state index in [1.54, 1.807) is 28.9 Å². The molecule has 0 fully saturated rings. The van der Waals surface area contributed by atoms with E-state index in [-0.39, 0.29) is 10.9 Å². The second kappa shape index (κ2) is 6.49. The lowest BCUT2D eigenvalue weighted by Crippen LogP contribution is -2.23. The molecule has 0 aliphatic heterocycles. The Balaban J connectivity index is 2.08. The summed E-state index contributed by atoms with van der Waals surface area (Å²) in [4.78, 5) is 12.5. The second-order valence-corrected chi connectivity index (χ2v) is 5.20. The topological polar surface area (TPSA) is 72.9 Å². The molecule has 0 saturated heterocycles. The Morgan fingerprint density at radius 2 is 2.14 bits per heavy atom. The minimum Gasteiger partial charge on any atom is -0.389 e. The number of nitrogens with zero attached hydrogens (tertiary/aromatic N) is 2. The number of carbonyl (C=O) groups excluding carboxylic acids is 1. The molecular formula is C15H18N4OS. The average molecular weight is 302 g/mol. The van der Waals surface area contributed by atoms with E-state index in [9.17, 15) is 4.79 Å². The second-order valence-electron chi connectivity index (χ2n) is 4.76. The van der Waals surface area contributed by atoms with Crippen molar-refractivity contribution in [3.63, 3.8) is 0 Å². The van der Waals surface area contributed by atoms with Crippen LogP contribution in [-0.4, -0.2) is 20.7 Å². The van der Waals surface area contributed by atoms with Crippen molar-refractivity contribution in [1.29, 1.82) is 0 Å². The molecule has 0 spiro atoms. The van der Waals surface area contributed by atoms with Gasteiger partial charge in [-0.15, -0.1) is 0 Å². The Morgan fingerprint density at radius 3 is 2.81 bits per heavy atom. The van der Waals surface area contributed by atoms with Crippen LogP contribution in [0, 0.1) is 0 Å². The van der Waals surface area contributed by atoms with Crippen molar-refractivity contribution in [3.05, 3.63) is 52.8 Å². The summed E-state index contributed by atoms with van der Waals surface area (Å²) in [5.74, 6) is -0.154. The number of thiocarbonyl (C=S) groups is 1. The summed E-state index contributed by atoms with van der Waals surface area (Å²) in [6.45, 7) is 2.49. The maximum atomic E-state index is 12.2. The van der Waals surface area contributed by atoms with Crippen molar-refractivity contribution in [2.24, 2.45) is 12.8 Å². The van der Waals surface area contributed by atoms with Gasteiger partial charge in [0.2, 0.25) is 0 Å². The van der Waals surface area contributed by atoms with Gasteiger partial charge in [-0.25, -0.2) is 0 Å². The number of aromatic nitrogens is 2. The summed E-state index contributed by atoms with van der Waals surface area (Å²) >= 11 is 4.92. The summed E-state index contributed by atoms with van der Waals surface area (Å²) in [7, 11) is 1.87. The maximum Gasteiger partial charge on any atom is 0.251 e. The van der Waals surface area contributed by atoms with E-state index in [1.165, 1.54) is 0 Å². The monoisotopic (exact) mass is 302 g/mol. The van der Waals surface area contributed by atoms with Gasteiger partial charge in [0.1, 0.15) is 4.99 Å². The van der Waals surface area contributed by atoms with E-state index in [4.69, 9.17) is 18.0 Å². The molecule has 0 bridgehead atoms. The Kier molecular flexibility index (Phi) is 4.70. The van der Waals surface area contributed by atoms with Crippen molar-refractivity contribution in [2.45, 2.75) is 19.9 Å². The molecule has 0 aliphatic carbocycles. The number of rotatable bonds is 5. The summed E-state index contributed by atoms with van der Waals surface area (Å²) in [6.07, 6.45) is 2.76. The largest absolute Gasteiger partial charge is 0.389 e. The predicted molar refractivity (Wildman–Crippen MR) is 86.1 cm³/mol. The van der Waals surface area contributed by atoms with Gasteiger partial charge in [0.15, 0.2) is 0 Å². The van der Waals surface area contributed by atoms with Crippen LogP contribution in [0.15, 0.2) is 30.5 Å². The van der Waals surface area contributed by atoms with Crippen LogP contribution in [0.25, 0.3) is 0 Å². The molecule has 110 valence electrons. The first kappa shape index (κ1) is 15.2. The molecule has 2 aromatic rings. The van der Waals surface area contributed by atoms with Gasteiger partial charge in [0.05, 0.1) is 5.69 Å². The fraction of sp³-hybridized carbons (Fsp3) is 0.267. The maximum absolute atomic E-state index is 12.2. The Bertz CT molecular complexity index is 678. The third kappa shape index (κ3) is 3.66. The molecular weight excluding hydrogens is 284 g/mol. The molecule has 0 saturated carbocycles. The van der Waals surface area contributed by atoms with Crippen molar-refractivity contribution in [2.75, 3.05) is 0 Å². The highest BCUT2D eigenvalue weighted by atomic mass is 32.1. The molecule has 6 heteroatoms. The van der Waals surface area contributed by atoms with Crippen molar-refractivity contribution in [1.82, 2.24) is 15.1 Å². The van der Waals surface area contributed by atoms with E-state index in [2.05, 4.69) is 10.4 Å². The first-order valence-corrected chi connectivity index (χ1v) is 7.11. The van der Waals surface area contributed by atoms with E-state index >= 15 is 0 Å². The average Bonchev–Trinajstić information content (AvgIpc) is 2.85. The van der Waals surface area contributed by atoms with Crippen molar-refractivity contribution >= 4 is 23.1 Å². The Hall–Kier alpha value is -2.21. The first-order chi connectivity index (χ1) is 10.0. The van der Waals surface area contributed by atoms with Crippen LogP contribution in [0.5, 0.6) is 0 Å². The lowest BCUT2D eigenvalue weighted by molar-refractivity contribution is 0.0951. The van der Waals surface area contributed by atoms with E-state index in [0.717, 1.165) is 17.7 Å². The zero-order chi connectivity index (χ0) is 15.4. The molecule has 0 atom stereocenters. The zero-order valence-electron chi connectivity index (χ0n) is 12.1. The van der Waals surface area contributed by atoms with Crippen LogP contribution in [0.1, 0.15) is 34.1 Å². The Labute approximate surface area is 129 Å². The van der Waals surface area contributed by atoms with Gasteiger partial charge in [0.25, 0.3) is 5.91 Å². The van der Waals surface area contributed by atoms with Crippen molar-refractivity contribution in [3.8, 4) is 0 Å². The third-order valence-corrected chi connectivity index (χ3v) is 3.41. The van der Waals surface area contributed by atoms with Crippen LogP contribution >= 0.6 is 12.2 Å². The number of hydrogen-bond donors (Lipinski definition) is 2. The molecule has 1 aromatic heterocycles.